The van der Waals surface area contributed by atoms with Gasteiger partial charge in [0.2, 0.25) is 0 Å². The summed E-state index contributed by atoms with van der Waals surface area (Å²) in [4.78, 5) is 19.3. The summed E-state index contributed by atoms with van der Waals surface area (Å²) < 4.78 is 0. The van der Waals surface area contributed by atoms with Crippen molar-refractivity contribution in [3.8, 4) is 0 Å². The van der Waals surface area contributed by atoms with Crippen molar-refractivity contribution < 1.29 is 9.63 Å². The van der Waals surface area contributed by atoms with Crippen LogP contribution in [0.15, 0.2) is 23.2 Å². The molecule has 1 rings (SSSR count). The highest BCUT2D eigenvalue weighted by molar-refractivity contribution is 6.33. The van der Waals surface area contributed by atoms with Gasteiger partial charge < -0.3 is 0 Å². The number of nitrogens with one attached hydrogen (secondary N) is 1. The van der Waals surface area contributed by atoms with Crippen molar-refractivity contribution in [3.63, 3.8) is 0 Å². The lowest BCUT2D eigenvalue weighted by molar-refractivity contribution is 0.112. The van der Waals surface area contributed by atoms with Gasteiger partial charge in [-0.1, -0.05) is 17.7 Å². The zero-order valence-electron chi connectivity index (χ0n) is 8.45. The van der Waals surface area contributed by atoms with Gasteiger partial charge in [0.25, 0.3) is 0 Å². The number of hydrogen-bond donors (Lipinski definition) is 1. The van der Waals surface area contributed by atoms with Gasteiger partial charge in [0.15, 0.2) is 12.1 Å². The van der Waals surface area contributed by atoms with Crippen molar-refractivity contribution in [1.29, 1.82) is 0 Å². The SMILES string of the molecule is CN=C(NOC)c1ccc(C=O)c(Cl)c1. The summed E-state index contributed by atoms with van der Waals surface area (Å²) >= 11 is 5.88. The van der Waals surface area contributed by atoms with Crippen LogP contribution < -0.4 is 5.48 Å². The van der Waals surface area contributed by atoms with Crippen LogP contribution in [0.25, 0.3) is 0 Å². The summed E-state index contributed by atoms with van der Waals surface area (Å²) in [6.45, 7) is 0. The largest absolute Gasteiger partial charge is 0.298 e. The Hall–Kier alpha value is -1.39. The van der Waals surface area contributed by atoms with Gasteiger partial charge >= 0.3 is 0 Å². The van der Waals surface area contributed by atoms with Gasteiger partial charge in [-0.2, -0.15) is 0 Å². The molecule has 0 fully saturated rings. The second kappa shape index (κ2) is 5.48. The molecule has 0 heterocycles. The molecule has 0 aliphatic rings. The van der Waals surface area contributed by atoms with Crippen LogP contribution in [0.3, 0.4) is 0 Å². The number of benzene rings is 1. The maximum Gasteiger partial charge on any atom is 0.152 e. The average molecular weight is 227 g/mol. The Labute approximate surface area is 92.9 Å². The van der Waals surface area contributed by atoms with Crippen molar-refractivity contribution >= 4 is 23.7 Å². The molecule has 0 aromatic heterocycles. The Morgan fingerprint density at radius 1 is 1.60 bits per heavy atom. The molecule has 0 aliphatic heterocycles. The molecule has 0 atom stereocenters. The minimum Gasteiger partial charge on any atom is -0.298 e. The molecular weight excluding hydrogens is 216 g/mol. The van der Waals surface area contributed by atoms with Crippen molar-refractivity contribution in [2.45, 2.75) is 0 Å². The smallest absolute Gasteiger partial charge is 0.152 e. The first kappa shape index (κ1) is 11.7. The van der Waals surface area contributed by atoms with Crippen molar-refractivity contribution in [2.24, 2.45) is 4.99 Å². The fourth-order valence-corrected chi connectivity index (χ4v) is 1.33. The van der Waals surface area contributed by atoms with E-state index in [1.807, 2.05) is 0 Å². The molecule has 4 nitrogen and oxygen atoms in total. The highest BCUT2D eigenvalue weighted by atomic mass is 35.5. The standard InChI is InChI=1S/C10H11ClN2O2/c1-12-10(13-15-2)7-3-4-8(6-14)9(11)5-7/h3-6H,1-2H3,(H,12,13). The van der Waals surface area contributed by atoms with E-state index in [1.54, 1.807) is 25.2 Å². The van der Waals surface area contributed by atoms with Crippen LogP contribution in [-0.4, -0.2) is 26.3 Å². The minimum absolute atomic E-state index is 0.390. The second-order valence-corrected chi connectivity index (χ2v) is 3.14. The molecule has 5 heteroatoms. The van der Waals surface area contributed by atoms with E-state index in [4.69, 9.17) is 16.4 Å². The van der Waals surface area contributed by atoms with Crippen LogP contribution in [0.4, 0.5) is 0 Å². The molecule has 1 N–H and O–H groups in total. The fraction of sp³-hybridized carbons (Fsp3) is 0.200. The zero-order chi connectivity index (χ0) is 11.3. The molecule has 0 unspecified atom stereocenters. The summed E-state index contributed by atoms with van der Waals surface area (Å²) in [5.74, 6) is 0.553. The van der Waals surface area contributed by atoms with E-state index in [-0.39, 0.29) is 0 Å². The van der Waals surface area contributed by atoms with E-state index < -0.39 is 0 Å². The first-order valence-electron chi connectivity index (χ1n) is 4.23. The summed E-state index contributed by atoms with van der Waals surface area (Å²) in [7, 11) is 3.12. The normalized spacial score (nSPS) is 11.3. The molecule has 0 radical (unpaired) electrons. The molecule has 1 aromatic rings. The summed E-state index contributed by atoms with van der Waals surface area (Å²) in [5.41, 5.74) is 3.83. The van der Waals surface area contributed by atoms with Gasteiger partial charge in [0.05, 0.1) is 12.1 Å². The molecule has 0 bridgehead atoms. The van der Waals surface area contributed by atoms with Crippen LogP contribution in [0, 0.1) is 0 Å². The molecule has 1 aromatic carbocycles. The fourth-order valence-electron chi connectivity index (χ4n) is 1.10. The number of hydrogen-bond acceptors (Lipinski definition) is 3. The van der Waals surface area contributed by atoms with E-state index in [2.05, 4.69) is 10.5 Å². The van der Waals surface area contributed by atoms with Crippen molar-refractivity contribution in [2.75, 3.05) is 14.2 Å². The van der Waals surface area contributed by atoms with E-state index in [0.29, 0.717) is 22.7 Å². The first-order chi connectivity index (χ1) is 7.22. The van der Waals surface area contributed by atoms with Gasteiger partial charge in [-0.05, 0) is 12.1 Å². The van der Waals surface area contributed by atoms with Crippen LogP contribution in [0.5, 0.6) is 0 Å². The number of carbonyl (C=O) groups excluding carboxylic acids is 1. The summed E-state index contributed by atoms with van der Waals surface area (Å²) in [6.07, 6.45) is 0.707. The van der Waals surface area contributed by atoms with Crippen molar-refractivity contribution in [3.05, 3.63) is 34.3 Å². The van der Waals surface area contributed by atoms with Gasteiger partial charge in [-0.25, -0.2) is 5.48 Å². The van der Waals surface area contributed by atoms with Gasteiger partial charge in [0, 0.05) is 18.2 Å². The number of halogens is 1. The summed E-state index contributed by atoms with van der Waals surface area (Å²) in [5, 5.41) is 0.390. The number of amidine groups is 1. The Kier molecular flexibility index (Phi) is 4.27. The highest BCUT2D eigenvalue weighted by Crippen LogP contribution is 2.16. The molecule has 0 saturated carbocycles. The third kappa shape index (κ3) is 2.78. The maximum atomic E-state index is 10.5. The topological polar surface area (TPSA) is 50.7 Å². The summed E-state index contributed by atoms with van der Waals surface area (Å²) in [6, 6.07) is 5.02. The van der Waals surface area contributed by atoms with Crippen LogP contribution in [0.2, 0.25) is 5.02 Å². The Balaban J connectivity index is 3.05. The lowest BCUT2D eigenvalue weighted by Gasteiger charge is -2.07. The quantitative estimate of drug-likeness (QED) is 0.369. The Bertz CT molecular complexity index is 391. The van der Waals surface area contributed by atoms with Crippen LogP contribution >= 0.6 is 11.6 Å². The second-order valence-electron chi connectivity index (χ2n) is 2.73. The lowest BCUT2D eigenvalue weighted by atomic mass is 10.1. The van der Waals surface area contributed by atoms with E-state index in [1.165, 1.54) is 7.11 Å². The number of aliphatic imine (C=N–C) groups is 1. The molecule has 80 valence electrons. The lowest BCUT2D eigenvalue weighted by Crippen LogP contribution is -2.23. The highest BCUT2D eigenvalue weighted by Gasteiger charge is 2.05. The van der Waals surface area contributed by atoms with Crippen LogP contribution in [0.1, 0.15) is 15.9 Å². The zero-order valence-corrected chi connectivity index (χ0v) is 9.21. The monoisotopic (exact) mass is 226 g/mol. The molecular formula is C10H11ClN2O2. The number of aldehydes is 1. The van der Waals surface area contributed by atoms with E-state index in [0.717, 1.165) is 5.56 Å². The van der Waals surface area contributed by atoms with Crippen molar-refractivity contribution in [1.82, 2.24) is 5.48 Å². The Morgan fingerprint density at radius 3 is 2.80 bits per heavy atom. The number of carbonyl (C=O) groups is 1. The van der Waals surface area contributed by atoms with E-state index >= 15 is 0 Å². The third-order valence-electron chi connectivity index (χ3n) is 1.82. The molecule has 0 spiro atoms. The van der Waals surface area contributed by atoms with Crippen LogP contribution in [-0.2, 0) is 4.84 Å². The van der Waals surface area contributed by atoms with Gasteiger partial charge in [-0.15, -0.1) is 0 Å². The number of rotatable bonds is 3. The predicted octanol–water partition coefficient (Wildman–Crippen LogP) is 1.68. The third-order valence-corrected chi connectivity index (χ3v) is 2.15. The molecule has 0 aliphatic carbocycles. The van der Waals surface area contributed by atoms with Gasteiger partial charge in [0.1, 0.15) is 0 Å². The Morgan fingerprint density at radius 2 is 2.33 bits per heavy atom. The minimum atomic E-state index is 0.390. The number of nitrogens with zero attached hydrogens (tertiary/aromatic N) is 1. The number of hydroxylamine groups is 1. The predicted molar refractivity (Wildman–Crippen MR) is 59.4 cm³/mol. The molecule has 0 amide bonds. The first-order valence-corrected chi connectivity index (χ1v) is 4.61. The van der Waals surface area contributed by atoms with Gasteiger partial charge in [-0.3, -0.25) is 14.6 Å². The molecule has 0 saturated heterocycles. The average Bonchev–Trinajstić information content (AvgIpc) is 2.25. The maximum absolute atomic E-state index is 10.5. The van der Waals surface area contributed by atoms with E-state index in [9.17, 15) is 4.79 Å². The molecule has 15 heavy (non-hydrogen) atoms.